The first-order chi connectivity index (χ1) is 6.50. The van der Waals surface area contributed by atoms with Crippen LogP contribution in [-0.4, -0.2) is 18.7 Å². The van der Waals surface area contributed by atoms with Crippen molar-refractivity contribution >= 4 is 33.2 Å². The molecule has 1 unspecified atom stereocenters. The number of halogens is 1. The molecule has 0 saturated carbocycles. The monoisotopic (exact) mass is 250 g/mol. The van der Waals surface area contributed by atoms with Gasteiger partial charge in [-0.25, -0.2) is 8.42 Å². The van der Waals surface area contributed by atoms with Crippen molar-refractivity contribution in [1.29, 1.82) is 0 Å². The zero-order valence-corrected chi connectivity index (χ0v) is 10.1. The van der Waals surface area contributed by atoms with Gasteiger partial charge in [0, 0.05) is 12.0 Å². The molecule has 0 heterocycles. The van der Waals surface area contributed by atoms with Gasteiger partial charge in [0.2, 0.25) is 0 Å². The summed E-state index contributed by atoms with van der Waals surface area (Å²) in [5.41, 5.74) is 1.08. The molecule has 0 aliphatic rings. The highest BCUT2D eigenvalue weighted by atomic mass is 35.5. The quantitative estimate of drug-likeness (QED) is 0.770. The molecule has 78 valence electrons. The Morgan fingerprint density at radius 1 is 1.36 bits per heavy atom. The van der Waals surface area contributed by atoms with Gasteiger partial charge in [-0.2, -0.15) is 0 Å². The summed E-state index contributed by atoms with van der Waals surface area (Å²) in [6, 6.07) is 9.64. The van der Waals surface area contributed by atoms with Gasteiger partial charge in [-0.05, 0) is 5.56 Å². The highest BCUT2D eigenvalue weighted by molar-refractivity contribution is 8.14. The van der Waals surface area contributed by atoms with E-state index in [9.17, 15) is 8.42 Å². The molecular weight excluding hydrogens is 240 g/mol. The van der Waals surface area contributed by atoms with Crippen LogP contribution in [0.5, 0.6) is 0 Å². The second-order valence-electron chi connectivity index (χ2n) is 2.90. The Labute approximate surface area is 93.6 Å². The molecule has 14 heavy (non-hydrogen) atoms. The summed E-state index contributed by atoms with van der Waals surface area (Å²) in [6.45, 7) is 0. The lowest BCUT2D eigenvalue weighted by Gasteiger charge is -2.06. The second kappa shape index (κ2) is 5.05. The summed E-state index contributed by atoms with van der Waals surface area (Å²) in [4.78, 5) is 0. The molecule has 0 N–H and O–H groups in total. The number of thioether (sulfide) groups is 1. The molecule has 0 bridgehead atoms. The van der Waals surface area contributed by atoms with E-state index in [2.05, 4.69) is 0 Å². The van der Waals surface area contributed by atoms with Crippen molar-refractivity contribution in [3.63, 3.8) is 0 Å². The van der Waals surface area contributed by atoms with Gasteiger partial charge < -0.3 is 0 Å². The minimum atomic E-state index is -3.14. The first-order valence-electron chi connectivity index (χ1n) is 3.98. The van der Waals surface area contributed by atoms with E-state index in [-0.39, 0.29) is 0 Å². The predicted octanol–water partition coefficient (Wildman–Crippen LogP) is 2.49. The van der Waals surface area contributed by atoms with Gasteiger partial charge in [0.1, 0.15) is 0 Å². The van der Waals surface area contributed by atoms with Crippen LogP contribution >= 0.6 is 23.4 Å². The maximum Gasteiger partial charge on any atom is 0.180 e. The molecule has 1 rings (SSSR count). The Balaban J connectivity index is 2.50. The first-order valence-corrected chi connectivity index (χ1v) is 7.42. The molecule has 0 radical (unpaired) electrons. The highest BCUT2D eigenvalue weighted by Crippen LogP contribution is 2.24. The van der Waals surface area contributed by atoms with E-state index in [4.69, 9.17) is 11.6 Å². The summed E-state index contributed by atoms with van der Waals surface area (Å²) in [5, 5.41) is 0. The molecule has 0 fully saturated rings. The minimum Gasteiger partial charge on any atom is -0.227 e. The lowest BCUT2D eigenvalue weighted by molar-refractivity contribution is 0.604. The summed E-state index contributed by atoms with van der Waals surface area (Å²) < 4.78 is 21.1. The van der Waals surface area contributed by atoms with E-state index in [1.165, 1.54) is 11.8 Å². The molecular formula is C9H11ClO2S2. The molecule has 1 aromatic rings. The molecule has 0 aliphatic carbocycles. The van der Waals surface area contributed by atoms with Crippen LogP contribution in [-0.2, 0) is 15.6 Å². The van der Waals surface area contributed by atoms with Crippen molar-refractivity contribution in [2.75, 3.05) is 6.26 Å². The van der Waals surface area contributed by atoms with Crippen LogP contribution in [0.2, 0.25) is 0 Å². The van der Waals surface area contributed by atoms with Crippen LogP contribution in [0.25, 0.3) is 0 Å². The highest BCUT2D eigenvalue weighted by Gasteiger charge is 2.17. The average Bonchev–Trinajstić information content (AvgIpc) is 2.14. The van der Waals surface area contributed by atoms with Crippen molar-refractivity contribution < 1.29 is 8.42 Å². The number of hydrogen-bond acceptors (Lipinski definition) is 3. The number of alkyl halides is 1. The molecule has 0 aromatic heterocycles. The summed E-state index contributed by atoms with van der Waals surface area (Å²) >= 11 is 6.90. The zero-order valence-electron chi connectivity index (χ0n) is 7.68. The van der Waals surface area contributed by atoms with Gasteiger partial charge in [-0.1, -0.05) is 41.9 Å². The van der Waals surface area contributed by atoms with Crippen molar-refractivity contribution in [3.05, 3.63) is 35.9 Å². The SMILES string of the molecule is CS(=O)(=O)C(Cl)SCc1ccccc1. The third-order valence-electron chi connectivity index (χ3n) is 1.56. The van der Waals surface area contributed by atoms with Crippen LogP contribution in [0.15, 0.2) is 30.3 Å². The van der Waals surface area contributed by atoms with Gasteiger partial charge in [-0.3, -0.25) is 0 Å². The largest absolute Gasteiger partial charge is 0.227 e. The molecule has 0 aliphatic heterocycles. The lowest BCUT2D eigenvalue weighted by atomic mass is 10.2. The second-order valence-corrected chi connectivity index (χ2v) is 7.38. The van der Waals surface area contributed by atoms with Crippen LogP contribution in [0.1, 0.15) is 5.56 Å². The van der Waals surface area contributed by atoms with Crippen LogP contribution in [0.4, 0.5) is 0 Å². The van der Waals surface area contributed by atoms with Crippen molar-refractivity contribution in [2.24, 2.45) is 0 Å². The fourth-order valence-electron chi connectivity index (χ4n) is 0.860. The first kappa shape index (κ1) is 11.9. The van der Waals surface area contributed by atoms with Crippen molar-refractivity contribution in [2.45, 2.75) is 9.79 Å². The van der Waals surface area contributed by atoms with Gasteiger partial charge in [0.05, 0.1) is 0 Å². The normalized spacial score (nSPS) is 13.9. The Bertz CT molecular complexity index is 375. The zero-order chi connectivity index (χ0) is 10.6. The Hall–Kier alpha value is -0.190. The number of rotatable bonds is 4. The maximum absolute atomic E-state index is 11.0. The fourth-order valence-corrected chi connectivity index (χ4v) is 2.76. The van der Waals surface area contributed by atoms with Crippen molar-refractivity contribution in [1.82, 2.24) is 0 Å². The molecule has 0 saturated heterocycles. The smallest absolute Gasteiger partial charge is 0.180 e. The molecule has 1 aromatic carbocycles. The predicted molar refractivity (Wildman–Crippen MR) is 62.2 cm³/mol. The third kappa shape index (κ3) is 3.90. The molecule has 2 nitrogen and oxygen atoms in total. The van der Waals surface area contributed by atoms with Gasteiger partial charge in [-0.15, -0.1) is 11.8 Å². The lowest BCUT2D eigenvalue weighted by Crippen LogP contribution is -2.08. The van der Waals surface area contributed by atoms with Gasteiger partial charge in [0.15, 0.2) is 13.9 Å². The molecule has 0 amide bonds. The Morgan fingerprint density at radius 3 is 2.43 bits per heavy atom. The van der Waals surface area contributed by atoms with E-state index >= 15 is 0 Å². The van der Waals surface area contributed by atoms with Crippen LogP contribution in [0, 0.1) is 0 Å². The summed E-state index contributed by atoms with van der Waals surface area (Å²) in [5.74, 6) is 0.613. The minimum absolute atomic E-state index is 0.613. The van der Waals surface area contributed by atoms with Crippen LogP contribution in [0.3, 0.4) is 0 Å². The third-order valence-corrected chi connectivity index (χ3v) is 5.80. The Morgan fingerprint density at radius 2 is 1.93 bits per heavy atom. The average molecular weight is 251 g/mol. The standard InChI is InChI=1S/C9H11ClO2S2/c1-14(11,12)9(10)13-7-8-5-3-2-4-6-8/h2-6,9H,7H2,1H3. The summed E-state index contributed by atoms with van der Waals surface area (Å²) in [7, 11) is -3.14. The topological polar surface area (TPSA) is 34.1 Å². The van der Waals surface area contributed by atoms with Gasteiger partial charge in [0.25, 0.3) is 0 Å². The Kier molecular flexibility index (Phi) is 4.29. The van der Waals surface area contributed by atoms with E-state index < -0.39 is 13.9 Å². The van der Waals surface area contributed by atoms with Crippen molar-refractivity contribution in [3.8, 4) is 0 Å². The van der Waals surface area contributed by atoms with Gasteiger partial charge >= 0.3 is 0 Å². The van der Waals surface area contributed by atoms with E-state index in [1.54, 1.807) is 0 Å². The number of sulfone groups is 1. The maximum atomic E-state index is 11.0. The van der Waals surface area contributed by atoms with E-state index in [0.717, 1.165) is 11.8 Å². The number of benzene rings is 1. The molecule has 5 heteroatoms. The van der Waals surface area contributed by atoms with E-state index in [1.807, 2.05) is 30.3 Å². The number of hydrogen-bond donors (Lipinski definition) is 0. The molecule has 1 atom stereocenters. The fraction of sp³-hybridized carbons (Fsp3) is 0.333. The molecule has 0 spiro atoms. The summed E-state index contributed by atoms with van der Waals surface area (Å²) in [6.07, 6.45) is 1.14. The van der Waals surface area contributed by atoms with E-state index in [0.29, 0.717) is 5.75 Å². The van der Waals surface area contributed by atoms with Crippen LogP contribution < -0.4 is 0 Å².